The summed E-state index contributed by atoms with van der Waals surface area (Å²) in [6.45, 7) is 2.56. The first-order valence-corrected chi connectivity index (χ1v) is 11.1. The molecule has 1 amide bonds. The number of fused-ring (bicyclic) bond motifs is 1. The molecule has 0 unspecified atom stereocenters. The summed E-state index contributed by atoms with van der Waals surface area (Å²) in [7, 11) is 0. The molecule has 0 saturated carbocycles. The lowest BCUT2D eigenvalue weighted by Gasteiger charge is -2.39. The van der Waals surface area contributed by atoms with Crippen molar-refractivity contribution in [1.82, 2.24) is 9.88 Å². The molecule has 0 N–H and O–H groups in total. The molecule has 2 fully saturated rings. The van der Waals surface area contributed by atoms with Gasteiger partial charge in [-0.15, -0.1) is 0 Å². The topological polar surface area (TPSA) is 42.4 Å². The number of amides is 1. The van der Waals surface area contributed by atoms with Gasteiger partial charge >= 0.3 is 0 Å². The highest BCUT2D eigenvalue weighted by Crippen LogP contribution is 2.38. The van der Waals surface area contributed by atoms with Crippen LogP contribution in [0.25, 0.3) is 10.9 Å². The van der Waals surface area contributed by atoms with Crippen LogP contribution in [0, 0.1) is 11.7 Å². The first-order valence-electron chi connectivity index (χ1n) is 11.1. The lowest BCUT2D eigenvalue weighted by Crippen LogP contribution is -2.49. The first kappa shape index (κ1) is 20.1. The van der Waals surface area contributed by atoms with Crippen molar-refractivity contribution in [3.05, 3.63) is 77.7 Å². The Balaban J connectivity index is 1.36. The van der Waals surface area contributed by atoms with Gasteiger partial charge < -0.3 is 9.64 Å². The number of carbonyl (C=O) groups excluding carboxylic acids is 1. The van der Waals surface area contributed by atoms with E-state index in [1.165, 1.54) is 23.1 Å². The molecule has 2 aliphatic heterocycles. The Hall–Kier alpha value is -2.79. The summed E-state index contributed by atoms with van der Waals surface area (Å²) < 4.78 is 19.6. The molecule has 1 aromatic heterocycles. The van der Waals surface area contributed by atoms with E-state index in [2.05, 4.69) is 23.2 Å². The minimum absolute atomic E-state index is 0.128. The van der Waals surface area contributed by atoms with Gasteiger partial charge in [-0.3, -0.25) is 9.78 Å². The van der Waals surface area contributed by atoms with E-state index in [0.29, 0.717) is 32.0 Å². The van der Waals surface area contributed by atoms with Gasteiger partial charge in [0.05, 0.1) is 10.9 Å². The number of aromatic nitrogens is 1. The first-order chi connectivity index (χ1) is 15.2. The van der Waals surface area contributed by atoms with E-state index in [1.807, 2.05) is 29.3 Å². The van der Waals surface area contributed by atoms with E-state index in [-0.39, 0.29) is 11.7 Å². The smallest absolute Gasteiger partial charge is 0.233 e. The van der Waals surface area contributed by atoms with Gasteiger partial charge in [0.15, 0.2) is 0 Å². The Kier molecular flexibility index (Phi) is 5.45. The molecule has 0 bridgehead atoms. The van der Waals surface area contributed by atoms with Gasteiger partial charge in [0.1, 0.15) is 5.82 Å². The molecule has 2 saturated heterocycles. The molecule has 2 aromatic carbocycles. The normalized spacial score (nSPS) is 20.8. The maximum absolute atomic E-state index is 14.0. The largest absolute Gasteiger partial charge is 0.381 e. The molecule has 3 aromatic rings. The number of rotatable bonds is 4. The van der Waals surface area contributed by atoms with Crippen molar-refractivity contribution in [2.24, 2.45) is 5.92 Å². The summed E-state index contributed by atoms with van der Waals surface area (Å²) in [6, 6.07) is 16.9. The Morgan fingerprint density at radius 3 is 2.81 bits per heavy atom. The van der Waals surface area contributed by atoms with Crippen LogP contribution in [0.5, 0.6) is 0 Å². The maximum atomic E-state index is 14.0. The molecule has 2 aliphatic rings. The zero-order chi connectivity index (χ0) is 21.3. The van der Waals surface area contributed by atoms with E-state index in [4.69, 9.17) is 4.74 Å². The molecular formula is C26H27FN2O2. The quantitative estimate of drug-likeness (QED) is 0.626. The van der Waals surface area contributed by atoms with E-state index < -0.39 is 5.41 Å². The summed E-state index contributed by atoms with van der Waals surface area (Å²) in [5.74, 6) is 0.252. The van der Waals surface area contributed by atoms with Crippen molar-refractivity contribution in [2.45, 2.75) is 31.1 Å². The van der Waals surface area contributed by atoms with Crippen LogP contribution in [0.3, 0.4) is 0 Å². The highest BCUT2D eigenvalue weighted by atomic mass is 19.1. The van der Waals surface area contributed by atoms with Crippen LogP contribution < -0.4 is 0 Å². The molecule has 160 valence electrons. The lowest BCUT2D eigenvalue weighted by atomic mass is 9.73. The average molecular weight is 419 g/mol. The van der Waals surface area contributed by atoms with Gasteiger partial charge in [0.2, 0.25) is 5.91 Å². The van der Waals surface area contributed by atoms with Crippen molar-refractivity contribution >= 4 is 16.8 Å². The summed E-state index contributed by atoms with van der Waals surface area (Å²) in [4.78, 5) is 20.3. The molecular weight excluding hydrogens is 391 g/mol. The fourth-order valence-electron chi connectivity index (χ4n) is 5.27. The van der Waals surface area contributed by atoms with Gasteiger partial charge in [0, 0.05) is 37.9 Å². The second kappa shape index (κ2) is 8.39. The van der Waals surface area contributed by atoms with Gasteiger partial charge in [0.25, 0.3) is 0 Å². The van der Waals surface area contributed by atoms with Crippen LogP contribution >= 0.6 is 0 Å². The number of hydrogen-bond donors (Lipinski definition) is 0. The van der Waals surface area contributed by atoms with Crippen LogP contribution in [0.1, 0.15) is 30.4 Å². The summed E-state index contributed by atoms with van der Waals surface area (Å²) in [5.41, 5.74) is 2.40. The van der Waals surface area contributed by atoms with Crippen LogP contribution in [-0.2, 0) is 21.4 Å². The third-order valence-corrected chi connectivity index (χ3v) is 6.95. The summed E-state index contributed by atoms with van der Waals surface area (Å²) in [6.07, 6.45) is 4.94. The number of halogens is 1. The number of nitrogens with zero attached hydrogens (tertiary/aromatic N) is 2. The molecule has 3 heterocycles. The van der Waals surface area contributed by atoms with E-state index in [1.54, 1.807) is 6.07 Å². The lowest BCUT2D eigenvalue weighted by molar-refractivity contribution is -0.140. The second-order valence-electron chi connectivity index (χ2n) is 8.80. The standard InChI is InChI=1S/C26H27FN2O2/c27-22-6-2-5-21(17-22)26(10-14-31-15-11-26)25(30)29-13-9-19(18-29)16-20-4-1-8-24-23(20)7-3-12-28-24/h1-8,12,17,19H,9-11,13-16,18H2/t19-/m0/s1. The maximum Gasteiger partial charge on any atom is 0.233 e. The fraction of sp³-hybridized carbons (Fsp3) is 0.385. The minimum Gasteiger partial charge on any atom is -0.381 e. The van der Waals surface area contributed by atoms with Gasteiger partial charge in [-0.2, -0.15) is 0 Å². The minimum atomic E-state index is -0.682. The highest BCUT2D eigenvalue weighted by Gasteiger charge is 2.45. The Morgan fingerprint density at radius 2 is 1.97 bits per heavy atom. The molecule has 1 atom stereocenters. The molecule has 5 heteroatoms. The van der Waals surface area contributed by atoms with E-state index in [0.717, 1.165) is 37.0 Å². The third kappa shape index (κ3) is 3.83. The Bertz CT molecular complexity index is 1090. The number of likely N-dealkylation sites (tertiary alicyclic amines) is 1. The predicted molar refractivity (Wildman–Crippen MR) is 118 cm³/mol. The SMILES string of the molecule is O=C(N1CC[C@@H](Cc2cccc3ncccc23)C1)C1(c2cccc(F)c2)CCOCC1. The monoisotopic (exact) mass is 418 g/mol. The number of hydrogen-bond acceptors (Lipinski definition) is 3. The van der Waals surface area contributed by atoms with Crippen LogP contribution in [0.2, 0.25) is 0 Å². The van der Waals surface area contributed by atoms with Crippen molar-refractivity contribution in [2.75, 3.05) is 26.3 Å². The number of pyridine rings is 1. The number of ether oxygens (including phenoxy) is 1. The van der Waals surface area contributed by atoms with Crippen molar-refractivity contribution in [1.29, 1.82) is 0 Å². The van der Waals surface area contributed by atoms with E-state index >= 15 is 0 Å². The highest BCUT2D eigenvalue weighted by molar-refractivity contribution is 5.89. The van der Waals surface area contributed by atoms with Crippen LogP contribution in [0.15, 0.2) is 60.8 Å². The van der Waals surface area contributed by atoms with Crippen molar-refractivity contribution in [3.63, 3.8) is 0 Å². The molecule has 0 aliphatic carbocycles. The molecule has 0 spiro atoms. The number of carbonyl (C=O) groups is 1. The summed E-state index contributed by atoms with van der Waals surface area (Å²) >= 11 is 0. The second-order valence-corrected chi connectivity index (χ2v) is 8.80. The zero-order valence-electron chi connectivity index (χ0n) is 17.6. The number of benzene rings is 2. The molecule has 31 heavy (non-hydrogen) atoms. The van der Waals surface area contributed by atoms with Crippen molar-refractivity contribution in [3.8, 4) is 0 Å². The Morgan fingerprint density at radius 1 is 1.13 bits per heavy atom. The predicted octanol–water partition coefficient (Wildman–Crippen LogP) is 4.51. The zero-order valence-corrected chi connectivity index (χ0v) is 17.6. The van der Waals surface area contributed by atoms with Crippen LogP contribution in [-0.4, -0.2) is 42.1 Å². The van der Waals surface area contributed by atoms with E-state index in [9.17, 15) is 9.18 Å². The van der Waals surface area contributed by atoms with Gasteiger partial charge in [-0.05, 0) is 67.0 Å². The van der Waals surface area contributed by atoms with Gasteiger partial charge in [-0.25, -0.2) is 4.39 Å². The fourth-order valence-corrected chi connectivity index (χ4v) is 5.27. The third-order valence-electron chi connectivity index (χ3n) is 6.95. The average Bonchev–Trinajstić information content (AvgIpc) is 3.28. The molecule has 5 rings (SSSR count). The molecule has 4 nitrogen and oxygen atoms in total. The van der Waals surface area contributed by atoms with Crippen LogP contribution in [0.4, 0.5) is 4.39 Å². The molecule has 0 radical (unpaired) electrons. The van der Waals surface area contributed by atoms with Crippen molar-refractivity contribution < 1.29 is 13.9 Å². The summed E-state index contributed by atoms with van der Waals surface area (Å²) in [5, 5.41) is 1.19. The Labute approximate surface area is 182 Å². The van der Waals surface area contributed by atoms with Gasteiger partial charge in [-0.1, -0.05) is 30.3 Å².